The van der Waals surface area contributed by atoms with Crippen LogP contribution in [0.5, 0.6) is 0 Å². The van der Waals surface area contributed by atoms with Gasteiger partial charge in [0.15, 0.2) is 0 Å². The van der Waals surface area contributed by atoms with Gasteiger partial charge in [-0.05, 0) is 37.1 Å². The van der Waals surface area contributed by atoms with Crippen LogP contribution in [-0.2, 0) is 14.8 Å². The molecule has 5 nitrogen and oxygen atoms in total. The summed E-state index contributed by atoms with van der Waals surface area (Å²) in [7, 11) is -2.89. The van der Waals surface area contributed by atoms with E-state index in [1.54, 1.807) is 0 Å². The summed E-state index contributed by atoms with van der Waals surface area (Å²) in [5.41, 5.74) is 0. The van der Waals surface area contributed by atoms with Crippen molar-refractivity contribution in [2.24, 2.45) is 5.92 Å². The predicted molar refractivity (Wildman–Crippen MR) is 81.6 cm³/mol. The van der Waals surface area contributed by atoms with Crippen LogP contribution in [0, 0.1) is 11.7 Å². The van der Waals surface area contributed by atoms with E-state index in [1.807, 2.05) is 0 Å². The number of benzene rings is 1. The Hall–Kier alpha value is -1.68. The maximum atomic E-state index is 13.0. The maximum Gasteiger partial charge on any atom is 0.406 e. The monoisotopic (exact) mass is 382 g/mol. The van der Waals surface area contributed by atoms with Crippen LogP contribution in [0.3, 0.4) is 0 Å². The number of hydrogen-bond donors (Lipinski definition) is 0. The van der Waals surface area contributed by atoms with Gasteiger partial charge in [-0.3, -0.25) is 4.79 Å². The van der Waals surface area contributed by atoms with Crippen molar-refractivity contribution in [3.05, 3.63) is 30.1 Å². The lowest BCUT2D eigenvalue weighted by Gasteiger charge is -2.33. The van der Waals surface area contributed by atoms with Crippen LogP contribution in [0.1, 0.15) is 12.8 Å². The summed E-state index contributed by atoms with van der Waals surface area (Å²) in [5, 5.41) is 0. The number of hydrogen-bond acceptors (Lipinski definition) is 3. The standard InChI is InChI=1S/C15H18F4N2O3S/c1-20(10-15(17,18)19)14(22)11-3-2-8-21(9-11)25(23,24)13-6-4-12(16)5-7-13/h4-7,11H,2-3,8-10H2,1H3/t11-/m1/s1. The van der Waals surface area contributed by atoms with Gasteiger partial charge < -0.3 is 4.90 Å². The molecule has 0 saturated carbocycles. The predicted octanol–water partition coefficient (Wildman–Crippen LogP) is 2.25. The second-order valence-corrected chi connectivity index (χ2v) is 7.90. The largest absolute Gasteiger partial charge is 0.406 e. The van der Waals surface area contributed by atoms with Crippen molar-refractivity contribution < 1.29 is 30.8 Å². The highest BCUT2D eigenvalue weighted by Crippen LogP contribution is 2.26. The number of carbonyl (C=O) groups is 1. The molecular weight excluding hydrogens is 364 g/mol. The van der Waals surface area contributed by atoms with E-state index < -0.39 is 40.4 Å². The third-order valence-electron chi connectivity index (χ3n) is 3.98. The number of rotatable bonds is 4. The van der Waals surface area contributed by atoms with Crippen molar-refractivity contribution in [2.75, 3.05) is 26.7 Å². The Bertz CT molecular complexity index is 719. The lowest BCUT2D eigenvalue weighted by atomic mass is 9.98. The molecule has 0 radical (unpaired) electrons. The molecule has 0 bridgehead atoms. The first-order valence-electron chi connectivity index (χ1n) is 7.58. The van der Waals surface area contributed by atoms with Gasteiger partial charge in [0.25, 0.3) is 0 Å². The Balaban J connectivity index is 2.12. The SMILES string of the molecule is CN(CC(F)(F)F)C(=O)[C@@H]1CCCN(S(=O)(=O)c2ccc(F)cc2)C1. The highest BCUT2D eigenvalue weighted by Gasteiger charge is 2.37. The van der Waals surface area contributed by atoms with Crippen molar-refractivity contribution in [3.8, 4) is 0 Å². The maximum absolute atomic E-state index is 13.0. The van der Waals surface area contributed by atoms with Crippen LogP contribution in [0.25, 0.3) is 0 Å². The molecule has 140 valence electrons. The number of carbonyl (C=O) groups excluding carboxylic acids is 1. The lowest BCUT2D eigenvalue weighted by Crippen LogP contribution is -2.47. The topological polar surface area (TPSA) is 57.7 Å². The summed E-state index contributed by atoms with van der Waals surface area (Å²) in [6.45, 7) is -1.42. The van der Waals surface area contributed by atoms with Gasteiger partial charge in [-0.25, -0.2) is 12.8 Å². The van der Waals surface area contributed by atoms with Crippen LogP contribution in [0.2, 0.25) is 0 Å². The van der Waals surface area contributed by atoms with Crippen LogP contribution in [0.4, 0.5) is 17.6 Å². The summed E-state index contributed by atoms with van der Waals surface area (Å²) in [6.07, 6.45) is -3.84. The number of nitrogens with zero attached hydrogens (tertiary/aromatic N) is 2. The zero-order valence-corrected chi connectivity index (χ0v) is 14.3. The number of amides is 1. The summed E-state index contributed by atoms with van der Waals surface area (Å²) in [4.78, 5) is 12.6. The quantitative estimate of drug-likeness (QED) is 0.751. The summed E-state index contributed by atoms with van der Waals surface area (Å²) >= 11 is 0. The molecule has 1 aliphatic heterocycles. The third-order valence-corrected chi connectivity index (χ3v) is 5.86. The van der Waals surface area contributed by atoms with E-state index in [0.717, 1.165) is 35.6 Å². The van der Waals surface area contributed by atoms with E-state index in [9.17, 15) is 30.8 Å². The molecule has 1 amide bonds. The Labute approximate surface area is 143 Å². The number of sulfonamides is 1. The molecular formula is C15H18F4N2O3S. The molecule has 0 aliphatic carbocycles. The van der Waals surface area contributed by atoms with E-state index in [1.165, 1.54) is 0 Å². The van der Waals surface area contributed by atoms with E-state index in [-0.39, 0.29) is 18.0 Å². The third kappa shape index (κ3) is 4.91. The summed E-state index contributed by atoms with van der Waals surface area (Å²) in [5.74, 6) is -2.16. The highest BCUT2D eigenvalue weighted by atomic mass is 32.2. The van der Waals surface area contributed by atoms with Crippen molar-refractivity contribution >= 4 is 15.9 Å². The average Bonchev–Trinajstić information content (AvgIpc) is 2.53. The van der Waals surface area contributed by atoms with Gasteiger partial charge in [0, 0.05) is 20.1 Å². The zero-order chi connectivity index (χ0) is 18.8. The minimum Gasteiger partial charge on any atom is -0.336 e. The molecule has 1 aromatic carbocycles. The zero-order valence-electron chi connectivity index (χ0n) is 13.5. The molecule has 1 aromatic rings. The van der Waals surface area contributed by atoms with Crippen molar-refractivity contribution in [1.82, 2.24) is 9.21 Å². The van der Waals surface area contributed by atoms with Crippen LogP contribution in [0.15, 0.2) is 29.2 Å². The van der Waals surface area contributed by atoms with Crippen LogP contribution < -0.4 is 0 Å². The average molecular weight is 382 g/mol. The van der Waals surface area contributed by atoms with Crippen molar-refractivity contribution in [2.45, 2.75) is 23.9 Å². The van der Waals surface area contributed by atoms with Crippen LogP contribution >= 0.6 is 0 Å². The normalized spacial score (nSPS) is 19.6. The van der Waals surface area contributed by atoms with Gasteiger partial charge in [0.2, 0.25) is 15.9 Å². The minimum absolute atomic E-state index is 0.120. The second kappa shape index (κ2) is 7.28. The molecule has 0 aromatic heterocycles. The Morgan fingerprint density at radius 2 is 1.88 bits per heavy atom. The van der Waals surface area contributed by atoms with Crippen molar-refractivity contribution in [1.29, 1.82) is 0 Å². The second-order valence-electron chi connectivity index (χ2n) is 5.97. The molecule has 1 fully saturated rings. The van der Waals surface area contributed by atoms with Gasteiger partial charge in [0.05, 0.1) is 10.8 Å². The Kier molecular flexibility index (Phi) is 5.72. The van der Waals surface area contributed by atoms with Crippen molar-refractivity contribution in [3.63, 3.8) is 0 Å². The Morgan fingerprint density at radius 3 is 2.44 bits per heavy atom. The molecule has 0 N–H and O–H groups in total. The van der Waals surface area contributed by atoms with Gasteiger partial charge in [0.1, 0.15) is 12.4 Å². The molecule has 1 saturated heterocycles. The first kappa shape index (κ1) is 19.6. The molecule has 1 atom stereocenters. The number of halogens is 4. The first-order chi connectivity index (χ1) is 11.5. The highest BCUT2D eigenvalue weighted by molar-refractivity contribution is 7.89. The molecule has 1 aliphatic rings. The lowest BCUT2D eigenvalue weighted by molar-refractivity contribution is -0.161. The number of alkyl halides is 3. The van der Waals surface area contributed by atoms with E-state index in [2.05, 4.69) is 0 Å². The van der Waals surface area contributed by atoms with E-state index in [0.29, 0.717) is 17.7 Å². The fourth-order valence-corrected chi connectivity index (χ4v) is 4.30. The summed E-state index contributed by atoms with van der Waals surface area (Å²) < 4.78 is 76.4. The molecule has 25 heavy (non-hydrogen) atoms. The fraction of sp³-hybridized carbons (Fsp3) is 0.533. The smallest absolute Gasteiger partial charge is 0.336 e. The minimum atomic E-state index is -4.51. The van der Waals surface area contributed by atoms with E-state index >= 15 is 0 Å². The molecule has 0 unspecified atom stereocenters. The van der Waals surface area contributed by atoms with Gasteiger partial charge >= 0.3 is 6.18 Å². The van der Waals surface area contributed by atoms with E-state index in [4.69, 9.17) is 0 Å². The first-order valence-corrected chi connectivity index (χ1v) is 9.02. The van der Waals surface area contributed by atoms with Crippen LogP contribution in [-0.4, -0.2) is 56.4 Å². The van der Waals surface area contributed by atoms with Gasteiger partial charge in [-0.2, -0.15) is 17.5 Å². The fourth-order valence-electron chi connectivity index (χ4n) is 2.78. The molecule has 10 heteroatoms. The summed E-state index contributed by atoms with van der Waals surface area (Å²) in [6, 6.07) is 4.25. The van der Waals surface area contributed by atoms with Gasteiger partial charge in [-0.15, -0.1) is 0 Å². The molecule has 0 spiro atoms. The molecule has 2 rings (SSSR count). The molecule has 1 heterocycles. The van der Waals surface area contributed by atoms with Gasteiger partial charge in [-0.1, -0.05) is 0 Å². The Morgan fingerprint density at radius 1 is 1.28 bits per heavy atom. The number of piperidine rings is 1.